The quantitative estimate of drug-likeness (QED) is 0.518. The summed E-state index contributed by atoms with van der Waals surface area (Å²) in [7, 11) is 0. The van der Waals surface area contributed by atoms with Gasteiger partial charge in [0, 0.05) is 28.4 Å². The summed E-state index contributed by atoms with van der Waals surface area (Å²) in [5, 5.41) is 26.3. The number of carbonyl (C=O) groups excluding carboxylic acids is 2. The Morgan fingerprint density at radius 2 is 1.97 bits per heavy atom. The number of carbonyl (C=O) groups is 2. The van der Waals surface area contributed by atoms with E-state index in [1.54, 1.807) is 4.90 Å². The minimum Gasteiger partial charge on any atom is -0.380 e. The van der Waals surface area contributed by atoms with E-state index in [-0.39, 0.29) is 18.5 Å². The first-order valence-corrected chi connectivity index (χ1v) is 12.8. The predicted octanol–water partition coefficient (Wildman–Crippen LogP) is 3.37. The molecule has 6 nitrogen and oxygen atoms in total. The maximum Gasteiger partial charge on any atom is 0.254 e. The molecule has 0 saturated carbocycles. The van der Waals surface area contributed by atoms with E-state index in [1.165, 1.54) is 16.9 Å². The molecule has 0 spiro atoms. The van der Waals surface area contributed by atoms with Crippen LogP contribution in [0.1, 0.15) is 35.3 Å². The van der Waals surface area contributed by atoms with Crippen molar-refractivity contribution in [3.8, 4) is 0 Å². The molecule has 2 heterocycles. The van der Waals surface area contributed by atoms with Gasteiger partial charge in [0.15, 0.2) is 12.2 Å². The van der Waals surface area contributed by atoms with Gasteiger partial charge in [-0.1, -0.05) is 54.1 Å². The summed E-state index contributed by atoms with van der Waals surface area (Å²) in [6.07, 6.45) is 5.13. The molecule has 1 saturated heterocycles. The van der Waals surface area contributed by atoms with Crippen molar-refractivity contribution >= 4 is 34.8 Å². The average molecular weight is 501 g/mol. The molecule has 2 aromatic rings. The number of hydrogen-bond donors (Lipinski definition) is 3. The fourth-order valence-electron chi connectivity index (χ4n) is 4.61. The Morgan fingerprint density at radius 1 is 1.18 bits per heavy atom. The lowest BCUT2D eigenvalue weighted by molar-refractivity contribution is -0.154. The normalized spacial score (nSPS) is 21.7. The molecule has 1 aliphatic heterocycles. The summed E-state index contributed by atoms with van der Waals surface area (Å²) in [6.45, 7) is 0.709. The number of amides is 2. The fraction of sp³-hybridized carbons (Fsp3) is 0.385. The lowest BCUT2D eigenvalue weighted by Gasteiger charge is -2.33. The van der Waals surface area contributed by atoms with Crippen molar-refractivity contribution in [3.63, 3.8) is 0 Å². The lowest BCUT2D eigenvalue weighted by atomic mass is 9.90. The number of hydrogen-bond acceptors (Lipinski definition) is 5. The second-order valence-electron chi connectivity index (χ2n) is 8.80. The number of allylic oxidation sites excluding steroid dienone is 3. The summed E-state index contributed by atoms with van der Waals surface area (Å²) in [5.74, 6) is -1.32. The van der Waals surface area contributed by atoms with Gasteiger partial charge in [0.2, 0.25) is 0 Å². The number of nitrogens with zero attached hydrogens (tertiary/aromatic N) is 1. The van der Waals surface area contributed by atoms with Gasteiger partial charge < -0.3 is 20.4 Å². The molecule has 1 aliphatic carbocycles. The van der Waals surface area contributed by atoms with Crippen LogP contribution in [-0.2, 0) is 22.6 Å². The number of likely N-dealkylation sites (tertiary alicyclic amines) is 1. The minimum absolute atomic E-state index is 0.0611. The van der Waals surface area contributed by atoms with Crippen LogP contribution in [0.4, 0.5) is 0 Å². The molecule has 3 N–H and O–H groups in total. The van der Waals surface area contributed by atoms with Gasteiger partial charge in [0.05, 0.1) is 6.54 Å². The Kier molecular flexibility index (Phi) is 8.21. The van der Waals surface area contributed by atoms with Gasteiger partial charge in [-0.3, -0.25) is 9.59 Å². The monoisotopic (exact) mass is 500 g/mol. The van der Waals surface area contributed by atoms with Crippen LogP contribution in [0.25, 0.3) is 0 Å². The maximum absolute atomic E-state index is 12.9. The maximum atomic E-state index is 12.9. The first kappa shape index (κ1) is 24.7. The molecule has 0 radical (unpaired) electrons. The second-order valence-corrected chi connectivity index (χ2v) is 10.3. The Bertz CT molecular complexity index is 1070. The van der Waals surface area contributed by atoms with Crippen LogP contribution in [0.15, 0.2) is 65.0 Å². The molecule has 34 heavy (non-hydrogen) atoms. The van der Waals surface area contributed by atoms with E-state index in [0.717, 1.165) is 34.7 Å². The third-order valence-electron chi connectivity index (χ3n) is 6.36. The number of halogens is 1. The molecule has 4 rings (SSSR count). The van der Waals surface area contributed by atoms with E-state index in [9.17, 15) is 19.8 Å². The van der Waals surface area contributed by atoms with Crippen molar-refractivity contribution in [2.24, 2.45) is 5.92 Å². The molecule has 180 valence electrons. The zero-order valence-corrected chi connectivity index (χ0v) is 20.3. The van der Waals surface area contributed by atoms with Gasteiger partial charge in [0.1, 0.15) is 0 Å². The Morgan fingerprint density at radius 3 is 2.74 bits per heavy atom. The van der Waals surface area contributed by atoms with Crippen molar-refractivity contribution < 1.29 is 19.8 Å². The topological polar surface area (TPSA) is 89.9 Å². The first-order valence-electron chi connectivity index (χ1n) is 11.5. The van der Waals surface area contributed by atoms with E-state index in [0.29, 0.717) is 13.0 Å². The van der Waals surface area contributed by atoms with Crippen LogP contribution < -0.4 is 5.32 Å². The van der Waals surface area contributed by atoms with E-state index in [1.807, 2.05) is 47.9 Å². The zero-order valence-electron chi connectivity index (χ0n) is 18.8. The highest BCUT2D eigenvalue weighted by atomic mass is 35.5. The van der Waals surface area contributed by atoms with Gasteiger partial charge in [-0.15, -0.1) is 11.3 Å². The largest absolute Gasteiger partial charge is 0.380 e. The third-order valence-corrected chi connectivity index (χ3v) is 7.63. The van der Waals surface area contributed by atoms with Crippen LogP contribution >= 0.6 is 22.9 Å². The van der Waals surface area contributed by atoms with E-state index in [2.05, 4.69) is 17.4 Å². The van der Waals surface area contributed by atoms with Crippen LogP contribution in [0, 0.1) is 5.92 Å². The van der Waals surface area contributed by atoms with Gasteiger partial charge in [-0.2, -0.15) is 0 Å². The number of aliphatic hydroxyl groups is 2. The van der Waals surface area contributed by atoms with Gasteiger partial charge in [-0.05, 0) is 54.3 Å². The van der Waals surface area contributed by atoms with Crippen LogP contribution in [-0.4, -0.2) is 51.7 Å². The number of thiophene rings is 1. The van der Waals surface area contributed by atoms with Crippen molar-refractivity contribution in [1.82, 2.24) is 10.2 Å². The van der Waals surface area contributed by atoms with Crippen LogP contribution in [0.2, 0.25) is 0 Å². The van der Waals surface area contributed by atoms with Crippen molar-refractivity contribution in [2.75, 3.05) is 6.54 Å². The van der Waals surface area contributed by atoms with E-state index < -0.39 is 24.0 Å². The first-order chi connectivity index (χ1) is 16.4. The molecule has 2 amide bonds. The smallest absolute Gasteiger partial charge is 0.254 e. The Hall–Kier alpha value is -2.45. The Balaban J connectivity index is 1.29. The molecule has 1 aromatic carbocycles. The number of rotatable bonds is 8. The summed E-state index contributed by atoms with van der Waals surface area (Å²) in [6, 6.07) is 12.0. The summed E-state index contributed by atoms with van der Waals surface area (Å²) in [4.78, 5) is 27.9. The molecule has 1 fully saturated rings. The molecule has 4 atom stereocenters. The second kappa shape index (κ2) is 11.3. The Labute approximate surface area is 208 Å². The summed E-state index contributed by atoms with van der Waals surface area (Å²) >= 11 is 7.68. The third kappa shape index (κ3) is 5.96. The summed E-state index contributed by atoms with van der Waals surface area (Å²) < 4.78 is 0. The highest BCUT2D eigenvalue weighted by Gasteiger charge is 2.40. The van der Waals surface area contributed by atoms with Crippen LogP contribution in [0.3, 0.4) is 0 Å². The number of benzene rings is 1. The molecule has 0 bridgehead atoms. The lowest BCUT2D eigenvalue weighted by Crippen LogP contribution is -2.52. The van der Waals surface area contributed by atoms with E-state index >= 15 is 0 Å². The highest BCUT2D eigenvalue weighted by Crippen LogP contribution is 2.33. The zero-order chi connectivity index (χ0) is 24.1. The number of aliphatic hydroxyl groups excluding tert-OH is 2. The van der Waals surface area contributed by atoms with E-state index in [4.69, 9.17) is 11.6 Å². The van der Waals surface area contributed by atoms with Gasteiger partial charge in [-0.25, -0.2) is 0 Å². The average Bonchev–Trinajstić information content (AvgIpc) is 3.51. The van der Waals surface area contributed by atoms with Crippen molar-refractivity contribution in [3.05, 3.63) is 81.0 Å². The number of nitrogens with one attached hydrogen (secondary N) is 1. The van der Waals surface area contributed by atoms with Gasteiger partial charge >= 0.3 is 0 Å². The van der Waals surface area contributed by atoms with Gasteiger partial charge in [0.25, 0.3) is 11.8 Å². The predicted molar refractivity (Wildman–Crippen MR) is 133 cm³/mol. The van der Waals surface area contributed by atoms with Crippen molar-refractivity contribution in [2.45, 2.75) is 50.5 Å². The molecule has 2 aliphatic rings. The molecule has 4 unspecified atom stereocenters. The molecule has 1 aromatic heterocycles. The van der Waals surface area contributed by atoms with Crippen molar-refractivity contribution in [1.29, 1.82) is 0 Å². The summed E-state index contributed by atoms with van der Waals surface area (Å²) in [5.41, 5.74) is 2.35. The van der Waals surface area contributed by atoms with Crippen LogP contribution in [0.5, 0.6) is 0 Å². The highest BCUT2D eigenvalue weighted by molar-refractivity contribution is 7.10. The molecular weight excluding hydrogens is 472 g/mol. The minimum atomic E-state index is -1.83. The standard InChI is InChI=1S/C26H29ClN2O4S/c27-20-9-4-8-19(14-20)22-10-5-11-29(22)26(33)24(31)23(30)25(32)28-15-21-13-18(16-34-21)12-17-6-2-1-3-7-17/h1-4,6-9,13,16,19,22-24,30-31H,5,10-12,14-15H2,(H,28,32). The fourth-order valence-corrected chi connectivity index (χ4v) is 5.69. The molecule has 8 heteroatoms. The molecular formula is C26H29ClN2O4S. The SMILES string of the molecule is O=C(NCc1cc(Cc2ccccc2)cs1)C(O)C(O)C(=O)N1CCCC1C1C=CC=C(Cl)C1.